The Morgan fingerprint density at radius 1 is 1.55 bits per heavy atom. The number of ether oxygens (including phenoxy) is 1. The van der Waals surface area contributed by atoms with Gasteiger partial charge in [-0.25, -0.2) is 4.79 Å². The summed E-state index contributed by atoms with van der Waals surface area (Å²) in [4.78, 5) is 17.8. The molecule has 0 radical (unpaired) electrons. The van der Waals surface area contributed by atoms with E-state index in [2.05, 4.69) is 4.98 Å². The molecule has 8 nitrogen and oxygen atoms in total. The number of nitrogens with zero attached hydrogens (tertiary/aromatic N) is 3. The Morgan fingerprint density at radius 3 is 2.91 bits per heavy atom. The Labute approximate surface area is 127 Å². The molecular formula is C14H20N4O4. The Morgan fingerprint density at radius 2 is 2.32 bits per heavy atom. The smallest absolute Gasteiger partial charge is 0.351 e. The zero-order valence-electron chi connectivity index (χ0n) is 12.3. The third-order valence-electron chi connectivity index (χ3n) is 4.23. The minimum Gasteiger partial charge on any atom is -0.394 e. The lowest BCUT2D eigenvalue weighted by atomic mass is 10.0. The number of anilines is 1. The fraction of sp³-hybridized carbons (Fsp3) is 0.571. The molecule has 0 aliphatic carbocycles. The van der Waals surface area contributed by atoms with Gasteiger partial charge in [0.15, 0.2) is 6.23 Å². The summed E-state index contributed by atoms with van der Waals surface area (Å²) in [5, 5.41) is 19.9. The largest absolute Gasteiger partial charge is 0.394 e. The molecule has 0 bridgehead atoms. The predicted octanol–water partition coefficient (Wildman–Crippen LogP) is -0.944. The highest BCUT2D eigenvalue weighted by atomic mass is 16.5. The number of nitrogen functional groups attached to an aromatic ring is 1. The Hall–Kier alpha value is -1.90. The molecule has 2 fully saturated rings. The van der Waals surface area contributed by atoms with Crippen molar-refractivity contribution < 1.29 is 14.9 Å². The van der Waals surface area contributed by atoms with Gasteiger partial charge in [-0.3, -0.25) is 4.57 Å². The average Bonchev–Trinajstić information content (AvgIpc) is 3.02. The first-order valence-corrected chi connectivity index (χ1v) is 7.26. The first-order chi connectivity index (χ1) is 10.5. The molecule has 0 aromatic carbocycles. The summed E-state index contributed by atoms with van der Waals surface area (Å²) in [7, 11) is 1.94. The van der Waals surface area contributed by atoms with Crippen LogP contribution in [0.4, 0.5) is 5.82 Å². The van der Waals surface area contributed by atoms with E-state index < -0.39 is 24.1 Å². The molecule has 8 heteroatoms. The van der Waals surface area contributed by atoms with E-state index in [4.69, 9.17) is 10.5 Å². The maximum absolute atomic E-state index is 12.1. The number of aliphatic hydroxyl groups is 2. The van der Waals surface area contributed by atoms with E-state index in [9.17, 15) is 15.0 Å². The van der Waals surface area contributed by atoms with Gasteiger partial charge < -0.3 is 25.6 Å². The molecule has 0 amide bonds. The highest BCUT2D eigenvalue weighted by Gasteiger charge is 2.43. The van der Waals surface area contributed by atoms with E-state index in [1.54, 1.807) is 0 Å². The Kier molecular flexibility index (Phi) is 3.90. The number of likely N-dealkylation sites (tertiary alicyclic amines) is 1. The molecule has 0 spiro atoms. The first kappa shape index (κ1) is 15.0. The lowest BCUT2D eigenvalue weighted by Gasteiger charge is -2.21. The van der Waals surface area contributed by atoms with E-state index >= 15 is 0 Å². The molecule has 3 heterocycles. The van der Waals surface area contributed by atoms with Crippen LogP contribution >= 0.6 is 0 Å². The number of aliphatic hydroxyl groups excluding tert-OH is 2. The fourth-order valence-corrected chi connectivity index (χ4v) is 3.11. The molecule has 22 heavy (non-hydrogen) atoms. The van der Waals surface area contributed by atoms with Crippen molar-refractivity contribution in [1.82, 2.24) is 14.5 Å². The molecular weight excluding hydrogens is 288 g/mol. The van der Waals surface area contributed by atoms with Crippen LogP contribution in [0.25, 0.3) is 0 Å². The van der Waals surface area contributed by atoms with Gasteiger partial charge in [0.2, 0.25) is 0 Å². The van der Waals surface area contributed by atoms with Crippen LogP contribution in [0.1, 0.15) is 19.1 Å². The zero-order valence-corrected chi connectivity index (χ0v) is 12.3. The molecule has 2 aliphatic heterocycles. The van der Waals surface area contributed by atoms with Crippen molar-refractivity contribution in [1.29, 1.82) is 0 Å². The first-order valence-electron chi connectivity index (χ1n) is 7.26. The third kappa shape index (κ3) is 2.39. The van der Waals surface area contributed by atoms with Crippen molar-refractivity contribution in [2.24, 2.45) is 0 Å². The minimum absolute atomic E-state index is 0.130. The zero-order chi connectivity index (χ0) is 15.9. The molecule has 0 saturated carbocycles. The van der Waals surface area contributed by atoms with Crippen molar-refractivity contribution in [3.8, 4) is 0 Å². The van der Waals surface area contributed by atoms with Gasteiger partial charge >= 0.3 is 5.69 Å². The van der Waals surface area contributed by atoms with Crippen molar-refractivity contribution >= 4 is 5.82 Å². The van der Waals surface area contributed by atoms with Gasteiger partial charge in [0.05, 0.1) is 6.61 Å². The van der Waals surface area contributed by atoms with Gasteiger partial charge in [0.25, 0.3) is 0 Å². The van der Waals surface area contributed by atoms with Crippen LogP contribution in [0.5, 0.6) is 0 Å². The maximum Gasteiger partial charge on any atom is 0.351 e. The van der Waals surface area contributed by atoms with Crippen LogP contribution in [0.3, 0.4) is 0 Å². The fourth-order valence-electron chi connectivity index (χ4n) is 3.11. The molecule has 3 rings (SSSR count). The monoisotopic (exact) mass is 308 g/mol. The summed E-state index contributed by atoms with van der Waals surface area (Å²) in [6.07, 6.45) is 0.798. The highest BCUT2D eigenvalue weighted by molar-refractivity contribution is 5.29. The van der Waals surface area contributed by atoms with Gasteiger partial charge in [-0.15, -0.1) is 0 Å². The normalized spacial score (nSPS) is 32.0. The second-order valence-electron chi connectivity index (χ2n) is 5.62. The van der Waals surface area contributed by atoms with Crippen LogP contribution in [0.15, 0.2) is 28.3 Å². The van der Waals surface area contributed by atoms with Crippen molar-refractivity contribution in [2.45, 2.75) is 31.3 Å². The molecule has 1 aromatic rings. The van der Waals surface area contributed by atoms with E-state index in [0.29, 0.717) is 5.57 Å². The SMILES string of the molecule is CN1CCCC1=C1[C@H](n2ccc(N)nc2=O)O[C@H](CO)[C@H]1O. The van der Waals surface area contributed by atoms with Crippen LogP contribution in [0, 0.1) is 0 Å². The summed E-state index contributed by atoms with van der Waals surface area (Å²) in [6.45, 7) is 0.562. The van der Waals surface area contributed by atoms with Gasteiger partial charge in [0, 0.05) is 31.1 Å². The number of aromatic nitrogens is 2. The van der Waals surface area contributed by atoms with Crippen molar-refractivity contribution in [2.75, 3.05) is 25.9 Å². The molecule has 120 valence electrons. The average molecular weight is 308 g/mol. The topological polar surface area (TPSA) is 114 Å². The van der Waals surface area contributed by atoms with Gasteiger partial charge in [-0.1, -0.05) is 0 Å². The summed E-state index contributed by atoms with van der Waals surface area (Å²) >= 11 is 0. The summed E-state index contributed by atoms with van der Waals surface area (Å²) in [5.41, 5.74) is 6.54. The number of nitrogens with two attached hydrogens (primary N) is 1. The molecule has 2 saturated heterocycles. The van der Waals surface area contributed by atoms with E-state index in [-0.39, 0.29) is 12.4 Å². The second-order valence-corrected chi connectivity index (χ2v) is 5.62. The van der Waals surface area contributed by atoms with E-state index in [1.807, 2.05) is 11.9 Å². The van der Waals surface area contributed by atoms with Crippen LogP contribution in [0.2, 0.25) is 0 Å². The van der Waals surface area contributed by atoms with E-state index in [0.717, 1.165) is 25.1 Å². The predicted molar refractivity (Wildman–Crippen MR) is 78.8 cm³/mol. The number of hydrogen-bond donors (Lipinski definition) is 3. The van der Waals surface area contributed by atoms with Crippen molar-refractivity contribution in [3.05, 3.63) is 34.0 Å². The molecule has 0 unspecified atom stereocenters. The molecule has 2 aliphatic rings. The minimum atomic E-state index is -0.949. The van der Waals surface area contributed by atoms with Crippen molar-refractivity contribution in [3.63, 3.8) is 0 Å². The summed E-state index contributed by atoms with van der Waals surface area (Å²) in [5.74, 6) is 0.130. The quantitative estimate of drug-likeness (QED) is 0.646. The van der Waals surface area contributed by atoms with Gasteiger partial charge in [0.1, 0.15) is 18.0 Å². The standard InChI is InChI=1S/C14H20N4O4/c1-17-5-2-3-8(17)11-12(20)9(7-19)22-13(11)18-6-4-10(15)16-14(18)21/h4,6,9,12-13,19-20H,2-3,5,7H2,1H3,(H2,15,16,21)/t9-,12-,13-/m1/s1. The van der Waals surface area contributed by atoms with Gasteiger partial charge in [-0.2, -0.15) is 4.98 Å². The third-order valence-corrected chi connectivity index (χ3v) is 4.23. The summed E-state index contributed by atoms with van der Waals surface area (Å²) < 4.78 is 7.00. The van der Waals surface area contributed by atoms with E-state index in [1.165, 1.54) is 16.8 Å². The lowest BCUT2D eigenvalue weighted by Crippen LogP contribution is -2.29. The lowest BCUT2D eigenvalue weighted by molar-refractivity contribution is -0.0447. The highest BCUT2D eigenvalue weighted by Crippen LogP contribution is 2.39. The van der Waals surface area contributed by atoms with Gasteiger partial charge in [-0.05, 0) is 18.9 Å². The Balaban J connectivity index is 2.10. The summed E-state index contributed by atoms with van der Waals surface area (Å²) in [6, 6.07) is 1.50. The maximum atomic E-state index is 12.1. The molecule has 1 aromatic heterocycles. The number of rotatable bonds is 2. The second kappa shape index (κ2) is 5.71. The Bertz CT molecular complexity index is 656. The molecule has 4 N–H and O–H groups in total. The van der Waals surface area contributed by atoms with Crippen LogP contribution in [-0.2, 0) is 4.74 Å². The number of hydrogen-bond acceptors (Lipinski definition) is 7. The van der Waals surface area contributed by atoms with Crippen LogP contribution < -0.4 is 11.4 Å². The molecule has 3 atom stereocenters. The van der Waals surface area contributed by atoms with Crippen LogP contribution in [-0.4, -0.2) is 57.1 Å². The number of allylic oxidation sites excluding steroid dienone is 1.